The van der Waals surface area contributed by atoms with E-state index in [1.165, 1.54) is 17.3 Å². The predicted molar refractivity (Wildman–Crippen MR) is 99.1 cm³/mol. The van der Waals surface area contributed by atoms with Crippen molar-refractivity contribution in [2.75, 3.05) is 5.75 Å². The van der Waals surface area contributed by atoms with Gasteiger partial charge in [-0.05, 0) is 25.5 Å². The van der Waals surface area contributed by atoms with Crippen molar-refractivity contribution in [2.24, 2.45) is 0 Å². The monoisotopic (exact) mass is 353 g/mol. The highest BCUT2D eigenvalue weighted by atomic mass is 32.2. The number of carboxylic acid groups (broad SMARTS) is 1. The first-order chi connectivity index (χ1) is 12.1. The summed E-state index contributed by atoms with van der Waals surface area (Å²) in [5.74, 6) is 0.697. The minimum Gasteiger partial charge on any atom is -0.481 e. The molecule has 6 heteroatoms. The fourth-order valence-corrected chi connectivity index (χ4v) is 3.34. The van der Waals surface area contributed by atoms with Crippen LogP contribution in [0.3, 0.4) is 0 Å². The molecule has 0 radical (unpaired) electrons. The van der Waals surface area contributed by atoms with Gasteiger partial charge in [-0.1, -0.05) is 59.8 Å². The van der Waals surface area contributed by atoms with Crippen LogP contribution in [-0.4, -0.2) is 31.6 Å². The van der Waals surface area contributed by atoms with Crippen molar-refractivity contribution >= 4 is 17.7 Å². The number of aromatic nitrogens is 3. The predicted octanol–water partition coefficient (Wildman–Crippen LogP) is 4.20. The fourth-order valence-electron chi connectivity index (χ4n) is 2.45. The van der Waals surface area contributed by atoms with Crippen LogP contribution in [0.2, 0.25) is 0 Å². The Bertz CT molecular complexity index is 845. The van der Waals surface area contributed by atoms with Crippen molar-refractivity contribution in [3.63, 3.8) is 0 Å². The second-order valence-corrected chi connectivity index (χ2v) is 6.75. The van der Waals surface area contributed by atoms with Gasteiger partial charge in [-0.15, -0.1) is 10.2 Å². The van der Waals surface area contributed by atoms with Gasteiger partial charge in [0.25, 0.3) is 0 Å². The van der Waals surface area contributed by atoms with Gasteiger partial charge in [-0.2, -0.15) is 0 Å². The maximum absolute atomic E-state index is 10.7. The molecule has 0 aliphatic carbocycles. The van der Waals surface area contributed by atoms with Gasteiger partial charge < -0.3 is 5.11 Å². The molecule has 1 N–H and O–H groups in total. The summed E-state index contributed by atoms with van der Waals surface area (Å²) in [4.78, 5) is 10.7. The summed E-state index contributed by atoms with van der Waals surface area (Å²) < 4.78 is 2.02. The topological polar surface area (TPSA) is 68.0 Å². The minimum atomic E-state index is -0.773. The number of rotatable bonds is 7. The second-order valence-electron chi connectivity index (χ2n) is 5.69. The molecule has 0 bridgehead atoms. The molecule has 25 heavy (non-hydrogen) atoms. The highest BCUT2D eigenvalue weighted by Gasteiger charge is 2.16. The van der Waals surface area contributed by atoms with Crippen molar-refractivity contribution in [2.45, 2.75) is 24.9 Å². The molecule has 0 amide bonds. The standard InChI is InChI=1S/C19H19N3O2S/c1-14-9-11-15(12-10-14)18-20-21-19(25-13-5-8-17(23)24)22(18)16-6-3-2-4-7-16/h2-4,6-7,9-12H,5,8,13H2,1H3,(H,23,24). The van der Waals surface area contributed by atoms with Crippen LogP contribution < -0.4 is 0 Å². The van der Waals surface area contributed by atoms with Crippen molar-refractivity contribution in [3.05, 3.63) is 60.2 Å². The van der Waals surface area contributed by atoms with Crippen LogP contribution in [-0.2, 0) is 4.79 Å². The summed E-state index contributed by atoms with van der Waals surface area (Å²) in [6, 6.07) is 18.2. The molecule has 0 spiro atoms. The molecule has 0 saturated heterocycles. The lowest BCUT2D eigenvalue weighted by molar-refractivity contribution is -0.137. The Balaban J connectivity index is 1.93. The molecular weight excluding hydrogens is 334 g/mol. The number of hydrogen-bond acceptors (Lipinski definition) is 4. The third-order valence-corrected chi connectivity index (χ3v) is 4.74. The molecule has 2 aromatic carbocycles. The van der Waals surface area contributed by atoms with E-state index >= 15 is 0 Å². The van der Waals surface area contributed by atoms with E-state index < -0.39 is 5.97 Å². The van der Waals surface area contributed by atoms with Crippen LogP contribution in [0.4, 0.5) is 0 Å². The van der Waals surface area contributed by atoms with Gasteiger partial charge in [0.1, 0.15) is 0 Å². The smallest absolute Gasteiger partial charge is 0.303 e. The first kappa shape index (κ1) is 17.2. The first-order valence-electron chi connectivity index (χ1n) is 8.07. The van der Waals surface area contributed by atoms with Crippen molar-refractivity contribution in [1.29, 1.82) is 0 Å². The summed E-state index contributed by atoms with van der Waals surface area (Å²) in [5.41, 5.74) is 3.18. The number of carbonyl (C=O) groups is 1. The summed E-state index contributed by atoms with van der Waals surface area (Å²) in [6.07, 6.45) is 0.763. The Morgan fingerprint density at radius 3 is 2.48 bits per heavy atom. The quantitative estimate of drug-likeness (QED) is 0.509. The molecule has 0 fully saturated rings. The largest absolute Gasteiger partial charge is 0.481 e. The Morgan fingerprint density at radius 1 is 1.08 bits per heavy atom. The van der Waals surface area contributed by atoms with Gasteiger partial charge in [-0.3, -0.25) is 9.36 Å². The average Bonchev–Trinajstić information content (AvgIpc) is 3.04. The Hall–Kier alpha value is -2.60. The second kappa shape index (κ2) is 7.98. The van der Waals surface area contributed by atoms with Crippen molar-refractivity contribution < 1.29 is 9.90 Å². The van der Waals surface area contributed by atoms with E-state index in [0.717, 1.165) is 22.2 Å². The number of aryl methyl sites for hydroxylation is 1. The minimum absolute atomic E-state index is 0.164. The average molecular weight is 353 g/mol. The number of hydrogen-bond donors (Lipinski definition) is 1. The molecule has 0 aliphatic heterocycles. The lowest BCUT2D eigenvalue weighted by Gasteiger charge is -2.10. The van der Waals surface area contributed by atoms with Crippen molar-refractivity contribution in [1.82, 2.24) is 14.8 Å². The zero-order chi connectivity index (χ0) is 17.6. The van der Waals surface area contributed by atoms with E-state index in [-0.39, 0.29) is 6.42 Å². The van der Waals surface area contributed by atoms with E-state index in [9.17, 15) is 4.79 Å². The van der Waals surface area contributed by atoms with Gasteiger partial charge in [0.2, 0.25) is 0 Å². The highest BCUT2D eigenvalue weighted by Crippen LogP contribution is 2.28. The van der Waals surface area contributed by atoms with Crippen LogP contribution >= 0.6 is 11.8 Å². The van der Waals surface area contributed by atoms with Gasteiger partial charge >= 0.3 is 5.97 Å². The summed E-state index contributed by atoms with van der Waals surface area (Å²) in [7, 11) is 0. The molecule has 0 unspecified atom stereocenters. The molecular formula is C19H19N3O2S. The van der Waals surface area contributed by atoms with Crippen molar-refractivity contribution in [3.8, 4) is 17.1 Å². The Labute approximate surface area is 150 Å². The SMILES string of the molecule is Cc1ccc(-c2nnc(SCCCC(=O)O)n2-c2ccccc2)cc1. The number of benzene rings is 2. The van der Waals surface area contributed by atoms with Crippen LogP contribution in [0.15, 0.2) is 59.8 Å². The number of carboxylic acids is 1. The number of nitrogens with zero attached hydrogens (tertiary/aromatic N) is 3. The zero-order valence-electron chi connectivity index (χ0n) is 13.9. The molecule has 1 aromatic heterocycles. The van der Waals surface area contributed by atoms with Crippen LogP contribution in [0.1, 0.15) is 18.4 Å². The third kappa shape index (κ3) is 4.28. The Kier molecular flexibility index (Phi) is 5.50. The first-order valence-corrected chi connectivity index (χ1v) is 9.06. The van der Waals surface area contributed by atoms with Crippen LogP contribution in [0, 0.1) is 6.92 Å². The van der Waals surface area contributed by atoms with Crippen LogP contribution in [0.5, 0.6) is 0 Å². The molecule has 128 valence electrons. The van der Waals surface area contributed by atoms with Gasteiger partial charge in [-0.25, -0.2) is 0 Å². The lowest BCUT2D eigenvalue weighted by Crippen LogP contribution is -2.00. The molecule has 5 nitrogen and oxygen atoms in total. The maximum Gasteiger partial charge on any atom is 0.303 e. The highest BCUT2D eigenvalue weighted by molar-refractivity contribution is 7.99. The van der Waals surface area contributed by atoms with Crippen LogP contribution in [0.25, 0.3) is 17.1 Å². The van der Waals surface area contributed by atoms with E-state index in [4.69, 9.17) is 5.11 Å². The van der Waals surface area contributed by atoms with Gasteiger partial charge in [0.15, 0.2) is 11.0 Å². The van der Waals surface area contributed by atoms with E-state index in [2.05, 4.69) is 29.3 Å². The Morgan fingerprint density at radius 2 is 1.80 bits per heavy atom. The van der Waals surface area contributed by atoms with Gasteiger partial charge in [0, 0.05) is 23.4 Å². The summed E-state index contributed by atoms with van der Waals surface area (Å²) >= 11 is 1.53. The normalized spacial score (nSPS) is 10.8. The number of thioether (sulfide) groups is 1. The fraction of sp³-hybridized carbons (Fsp3) is 0.211. The molecule has 0 aliphatic rings. The van der Waals surface area contributed by atoms with E-state index in [0.29, 0.717) is 12.2 Å². The molecule has 3 rings (SSSR count). The molecule has 0 atom stereocenters. The molecule has 0 saturated carbocycles. The van der Waals surface area contributed by atoms with E-state index in [1.807, 2.05) is 47.0 Å². The number of para-hydroxylation sites is 1. The maximum atomic E-state index is 10.7. The molecule has 3 aromatic rings. The summed E-state index contributed by atoms with van der Waals surface area (Å²) in [6.45, 7) is 2.05. The molecule has 1 heterocycles. The van der Waals surface area contributed by atoms with E-state index in [1.54, 1.807) is 0 Å². The summed E-state index contributed by atoms with van der Waals surface area (Å²) in [5, 5.41) is 18.3. The zero-order valence-corrected chi connectivity index (χ0v) is 14.7. The third-order valence-electron chi connectivity index (χ3n) is 3.72. The van der Waals surface area contributed by atoms with Gasteiger partial charge in [0.05, 0.1) is 0 Å². The lowest BCUT2D eigenvalue weighted by atomic mass is 10.1. The number of aliphatic carboxylic acids is 1.